The lowest BCUT2D eigenvalue weighted by molar-refractivity contribution is -0.310. The van der Waals surface area contributed by atoms with Gasteiger partial charge in [-0.05, 0) is 114 Å². The van der Waals surface area contributed by atoms with Crippen LogP contribution in [0.25, 0.3) is 84.4 Å². The van der Waals surface area contributed by atoms with E-state index in [1.807, 2.05) is 68.4 Å². The van der Waals surface area contributed by atoms with Crippen LogP contribution >= 0.6 is 58.5 Å². The molecule has 5 aliphatic heterocycles. The smallest absolute Gasteiger partial charge is 0.349 e. The van der Waals surface area contributed by atoms with Gasteiger partial charge in [-0.15, -0.1) is 52.6 Å². The molecule has 7 atom stereocenters. The number of halogens is 2. The van der Waals surface area contributed by atoms with E-state index in [4.69, 9.17) is 40.9 Å². The number of β-lactam (4-membered cyclic amide) rings is 1. The highest BCUT2D eigenvalue weighted by molar-refractivity contribution is 8.01. The van der Waals surface area contributed by atoms with Crippen molar-refractivity contribution >= 4 is 174 Å². The van der Waals surface area contributed by atoms with Crippen molar-refractivity contribution in [1.82, 2.24) is 26.2 Å². The number of fused-ring (bicyclic) bond motifs is 7. The zero-order valence-electron chi connectivity index (χ0n) is 68.8. The summed E-state index contributed by atoms with van der Waals surface area (Å²) >= 11 is 15.1. The molecular formula is C89H79Cl2N6O27S3-5. The van der Waals surface area contributed by atoms with Crippen LogP contribution in [0.1, 0.15) is 105 Å². The van der Waals surface area contributed by atoms with Gasteiger partial charge in [0, 0.05) is 102 Å². The maximum Gasteiger partial charge on any atom is 0.349 e. The van der Waals surface area contributed by atoms with Crippen molar-refractivity contribution in [2.75, 3.05) is 30.3 Å². The first-order chi connectivity index (χ1) is 60.6. The van der Waals surface area contributed by atoms with Gasteiger partial charge in [-0.2, -0.15) is 0 Å². The Morgan fingerprint density at radius 3 is 1.87 bits per heavy atom. The number of carbonyl (C=O) groups excluding carboxylic acids is 9. The van der Waals surface area contributed by atoms with Crippen molar-refractivity contribution in [3.05, 3.63) is 236 Å². The van der Waals surface area contributed by atoms with Gasteiger partial charge >= 0.3 is 17.2 Å². The van der Waals surface area contributed by atoms with Gasteiger partial charge in [0.05, 0.1) is 64.5 Å². The number of aliphatic hydroxyl groups is 1. The summed E-state index contributed by atoms with van der Waals surface area (Å²) in [7, 11) is 0. The molecule has 38 heteroatoms. The number of nitrogens with one attached hydrogen (secondary N) is 4. The molecule has 1 saturated heterocycles. The Kier molecular flexibility index (Phi) is 32.9. The van der Waals surface area contributed by atoms with E-state index in [1.54, 1.807) is 30.3 Å². The van der Waals surface area contributed by atoms with E-state index in [2.05, 4.69) is 32.8 Å². The molecule has 1 fully saturated rings. The molecule has 15 rings (SSSR count). The van der Waals surface area contributed by atoms with Crippen molar-refractivity contribution in [3.8, 4) is 51.0 Å². The van der Waals surface area contributed by atoms with Crippen molar-refractivity contribution in [1.29, 1.82) is 0 Å². The highest BCUT2D eigenvalue weighted by Gasteiger charge is 2.53. The number of rotatable bonds is 19. The number of aliphatic carboxylic acids is 4. The molecule has 4 aliphatic carbocycles. The van der Waals surface area contributed by atoms with Crippen LogP contribution in [0.5, 0.6) is 17.2 Å². The Labute approximate surface area is 743 Å². The molecular weight excluding hydrogens is 1750 g/mol. The molecule has 4 aromatic carbocycles. The lowest BCUT2D eigenvalue weighted by Gasteiger charge is -2.50. The van der Waals surface area contributed by atoms with E-state index in [9.17, 15) is 113 Å². The van der Waals surface area contributed by atoms with Gasteiger partial charge in [-0.1, -0.05) is 116 Å². The zero-order valence-corrected chi connectivity index (χ0v) is 72.8. The van der Waals surface area contributed by atoms with E-state index in [-0.39, 0.29) is 101 Å². The lowest BCUT2D eigenvalue weighted by atomic mass is 9.80. The Balaban J connectivity index is 0.000000226. The predicted molar refractivity (Wildman–Crippen MR) is 467 cm³/mol. The number of amides is 5. The Morgan fingerprint density at radius 2 is 1.25 bits per heavy atom. The van der Waals surface area contributed by atoms with E-state index in [1.165, 1.54) is 103 Å². The maximum atomic E-state index is 13.3. The molecule has 664 valence electrons. The van der Waals surface area contributed by atoms with E-state index in [0.29, 0.717) is 72.1 Å². The number of aliphatic imine (C=N–C) groups is 1. The van der Waals surface area contributed by atoms with Crippen LogP contribution in [0.4, 0.5) is 0 Å². The fourth-order valence-electron chi connectivity index (χ4n) is 13.4. The first-order valence-electron chi connectivity index (χ1n) is 39.1. The average molecular weight is 1830 g/mol. The van der Waals surface area contributed by atoms with Crippen molar-refractivity contribution < 1.29 is 112 Å². The number of phenols is 2. The summed E-state index contributed by atoms with van der Waals surface area (Å²) in [4.78, 5) is 177. The third kappa shape index (κ3) is 22.1. The monoisotopic (exact) mass is 1830 g/mol. The Bertz CT molecular complexity index is 6550. The third-order valence-corrected chi connectivity index (χ3v) is 23.3. The van der Waals surface area contributed by atoms with Gasteiger partial charge in [-0.25, -0.2) is 14.4 Å². The summed E-state index contributed by atoms with van der Waals surface area (Å²) < 4.78 is 21.7. The first-order valence-corrected chi connectivity index (χ1v) is 43.0. The largest absolute Gasteiger partial charge is 0.872 e. The molecule has 8 N–H and O–H groups in total. The van der Waals surface area contributed by atoms with Crippen molar-refractivity contribution in [3.63, 3.8) is 0 Å². The molecule has 7 heterocycles. The van der Waals surface area contributed by atoms with Crippen LogP contribution in [0.2, 0.25) is 5.02 Å². The van der Waals surface area contributed by atoms with E-state index >= 15 is 0 Å². The molecule has 0 radical (unpaired) electrons. The van der Waals surface area contributed by atoms with Gasteiger partial charge in [0.25, 0.3) is 17.7 Å². The second-order valence-corrected chi connectivity index (χ2v) is 31.1. The molecule has 0 bridgehead atoms. The van der Waals surface area contributed by atoms with Crippen LogP contribution in [-0.2, 0) is 33.6 Å². The number of hydrogen-bond acceptors (Lipinski definition) is 30. The SMILES string of the molecule is C=C1CSC(C(NC(=O)CNC(=O)c2cc3cc(Cl)c(O)cc3oc2=O)C(=O)[O-])N=C1C(=O)[O-].CC.CC.CC.CC.CC1=CC=C(c2c3ccc(=O)cc-3oc3cc(O)ccc23)C(C(=O)[O-])C1.O=C(CNC(=O)c1cc2c(oc1=O)=CC(O)C(Cl)C=2)NC1C(=O)N2C(C(=O)[O-])=C(CSc3ccc(-c4c5ccc(=O)cc-5oc5cc([O-])ccc45)c(C(=O)O)c3)CSC12. The number of hydrogen-bond donors (Lipinski definition) is 8. The number of carboxylic acid groups (broad SMARTS) is 5. The lowest BCUT2D eigenvalue weighted by Crippen LogP contribution is -2.71. The number of carbonyl (C=O) groups is 10. The molecule has 9 aliphatic rings. The number of alkyl halides is 1. The summed E-state index contributed by atoms with van der Waals surface area (Å²) in [5.41, 5.74) is 0.505. The topological polar surface area (TPSA) is 551 Å². The first kappa shape index (κ1) is 97.3. The average Bonchev–Trinajstić information content (AvgIpc) is 0.730. The summed E-state index contributed by atoms with van der Waals surface area (Å²) in [5.74, 6) is -12.6. The zero-order chi connectivity index (χ0) is 93.4. The fourth-order valence-corrected chi connectivity index (χ4v) is 17.3. The number of allylic oxidation sites excluding steroid dienone is 3. The number of carboxylic acids is 5. The van der Waals surface area contributed by atoms with Crippen molar-refractivity contribution in [2.45, 2.75) is 108 Å². The quantitative estimate of drug-likeness (QED) is 0.0181. The molecule has 2 aromatic heterocycles. The predicted octanol–water partition coefficient (Wildman–Crippen LogP) is 4.50. The minimum absolute atomic E-state index is 0.0228. The number of aromatic hydroxyl groups is 2. The summed E-state index contributed by atoms with van der Waals surface area (Å²) in [6.45, 7) is 20.0. The standard InChI is InChI=1S/C40H28ClN3O13S2.C21H16O5.C20H16ClN3O9S.4C2H6/c41-26-8-16-7-25(40(55)57-28(16)12-27(26)47)35(49)42-13-31(48)43-33-36(50)44-34(39(53)54)17(15-59-37(33)44)14-58-20-3-6-21(24(11-20)38(51)52)32-22-4-1-18(45)9-29(22)56-30-10-19(46)2-5-23(30)32;1-11-2-5-14(17(8-11)21(24)25)20-15-6-3-12(22)9-18(15)26-19-10-13(23)4-7-16(19)20;1-7-6-34-17(24-14(7)18(28)29)15(19(30)31)23-13(26)5-22-16(27)9-2-8-3-10(21)11(25)4-12(8)33-20(9)32;4*1-2/h1-12,26-27,33,37,45,47H,13-15H2,(H,42,49)(H,43,48)(H,51,52)(H,53,54);2-7,9-10,17,22H,8H2,1H3,(H,24,25);2-4,15,17,25H,1,5-6H2,(H,22,27)(H,23,26)(H,28,29)(H,30,31);4*1-2H3/p-5. The molecule has 33 nitrogen and oxygen atoms in total. The van der Waals surface area contributed by atoms with E-state index in [0.717, 1.165) is 46.1 Å². The summed E-state index contributed by atoms with van der Waals surface area (Å²) in [6, 6.07) is 23.7. The van der Waals surface area contributed by atoms with E-state index < -0.39 is 141 Å². The van der Waals surface area contributed by atoms with Gasteiger partial charge < -0.3 is 104 Å². The molecule has 0 spiro atoms. The second kappa shape index (κ2) is 42.9. The van der Waals surface area contributed by atoms with Crippen molar-refractivity contribution in [2.24, 2.45) is 10.9 Å². The number of nitrogens with zero attached hydrogens (tertiary/aromatic N) is 2. The molecule has 7 unspecified atom stereocenters. The summed E-state index contributed by atoms with van der Waals surface area (Å²) in [6.07, 6.45) is 5.58. The number of thioether (sulfide) groups is 3. The van der Waals surface area contributed by atoms with Crippen LogP contribution in [0, 0.1) is 5.92 Å². The minimum Gasteiger partial charge on any atom is -0.872 e. The molecule has 6 aromatic rings. The fraction of sp³-hybridized carbons (Fsp3) is 0.247. The Morgan fingerprint density at radius 1 is 0.654 bits per heavy atom. The van der Waals surface area contributed by atoms with Crippen LogP contribution in [0.15, 0.2) is 203 Å². The molecule has 0 saturated carbocycles. The van der Waals surface area contributed by atoms with Gasteiger partial charge in [0.2, 0.25) is 11.8 Å². The number of aromatic carboxylic acids is 1. The second-order valence-electron chi connectivity index (χ2n) is 26.9. The van der Waals surface area contributed by atoms with Crippen LogP contribution in [0.3, 0.4) is 0 Å². The third-order valence-electron chi connectivity index (χ3n) is 19.0. The number of phenolic OH excluding ortho intramolecular Hbond substituents is 2. The van der Waals surface area contributed by atoms with Gasteiger partial charge in [0.1, 0.15) is 79.1 Å². The highest BCUT2D eigenvalue weighted by atomic mass is 35.5. The maximum absolute atomic E-state index is 13.3. The number of aliphatic hydroxyl groups excluding tert-OH is 1. The normalized spacial score (nSPS) is 17.2. The highest BCUT2D eigenvalue weighted by Crippen LogP contribution is 2.47. The summed E-state index contributed by atoms with van der Waals surface area (Å²) in [5, 5.41) is 106. The minimum atomic E-state index is -1.73. The molecule has 127 heavy (non-hydrogen) atoms. The Hall–Kier alpha value is -13.5. The number of benzene rings is 6. The van der Waals surface area contributed by atoms with Crippen LogP contribution in [-0.4, -0.2) is 155 Å². The molecule has 5 amide bonds. The van der Waals surface area contributed by atoms with Crippen LogP contribution < -0.4 is 79.5 Å². The van der Waals surface area contributed by atoms with Gasteiger partial charge in [-0.3, -0.25) is 43.5 Å². The van der Waals surface area contributed by atoms with Gasteiger partial charge in [0.15, 0.2) is 10.9 Å².